The molecule has 0 aliphatic rings. The molecule has 1 N–H and O–H groups in total. The first-order valence-electron chi connectivity index (χ1n) is 10.9. The maximum atomic E-state index is 12.7. The molecule has 5 heteroatoms. The summed E-state index contributed by atoms with van der Waals surface area (Å²) >= 11 is 5.34. The van der Waals surface area contributed by atoms with Gasteiger partial charge < -0.3 is 9.88 Å². The van der Waals surface area contributed by atoms with Crippen molar-refractivity contribution >= 4 is 55.3 Å². The molecule has 1 aromatic heterocycles. The lowest BCUT2D eigenvalue weighted by Crippen LogP contribution is -2.27. The quantitative estimate of drug-likeness (QED) is 0.231. The van der Waals surface area contributed by atoms with Gasteiger partial charge in [0.2, 0.25) is 0 Å². The van der Waals surface area contributed by atoms with E-state index in [9.17, 15) is 4.79 Å². The summed E-state index contributed by atoms with van der Waals surface area (Å²) < 4.78 is 3.33. The number of nitrogens with one attached hydrogen (secondary N) is 1. The van der Waals surface area contributed by atoms with Crippen LogP contribution in [0.1, 0.15) is 15.9 Å². The van der Waals surface area contributed by atoms with E-state index in [4.69, 9.17) is 0 Å². The zero-order chi connectivity index (χ0) is 22.6. The summed E-state index contributed by atoms with van der Waals surface area (Å²) in [5.41, 5.74) is 3.18. The number of rotatable bonds is 7. The van der Waals surface area contributed by atoms with E-state index >= 15 is 0 Å². The van der Waals surface area contributed by atoms with E-state index in [-0.39, 0.29) is 5.91 Å². The number of amides is 1. The zero-order valence-corrected chi connectivity index (χ0v) is 20.4. The maximum Gasteiger partial charge on any atom is 0.251 e. The molecule has 0 aliphatic heterocycles. The normalized spacial score (nSPS) is 11.2. The van der Waals surface area contributed by atoms with E-state index < -0.39 is 0 Å². The van der Waals surface area contributed by atoms with Gasteiger partial charge in [-0.1, -0.05) is 76.6 Å². The molecule has 0 saturated carbocycles. The smallest absolute Gasteiger partial charge is 0.251 e. The molecule has 0 radical (unpaired) electrons. The second kappa shape index (κ2) is 9.86. The molecule has 0 atom stereocenters. The van der Waals surface area contributed by atoms with Crippen molar-refractivity contribution in [1.29, 1.82) is 0 Å². The fourth-order valence-corrected chi connectivity index (χ4v) is 5.29. The van der Waals surface area contributed by atoms with Crippen LogP contribution in [0.4, 0.5) is 0 Å². The van der Waals surface area contributed by atoms with Crippen LogP contribution in [-0.4, -0.2) is 17.0 Å². The maximum absolute atomic E-state index is 12.7. The first-order valence-corrected chi connectivity index (χ1v) is 12.7. The van der Waals surface area contributed by atoms with E-state index in [0.717, 1.165) is 27.5 Å². The highest BCUT2D eigenvalue weighted by atomic mass is 79.9. The minimum atomic E-state index is -0.0398. The molecule has 0 saturated heterocycles. The molecule has 0 bridgehead atoms. The molecule has 33 heavy (non-hydrogen) atoms. The largest absolute Gasteiger partial charge is 0.350 e. The Balaban J connectivity index is 1.26. The highest BCUT2D eigenvalue weighted by Crippen LogP contribution is 2.32. The van der Waals surface area contributed by atoms with Crippen LogP contribution in [0.3, 0.4) is 0 Å². The van der Waals surface area contributed by atoms with Gasteiger partial charge in [-0.2, -0.15) is 0 Å². The Hall–Kier alpha value is -3.02. The highest BCUT2D eigenvalue weighted by molar-refractivity contribution is 9.10. The molecule has 0 spiro atoms. The Morgan fingerprint density at radius 3 is 2.48 bits per heavy atom. The van der Waals surface area contributed by atoms with Gasteiger partial charge in [0.05, 0.1) is 0 Å². The summed E-state index contributed by atoms with van der Waals surface area (Å²) in [7, 11) is 0. The summed E-state index contributed by atoms with van der Waals surface area (Å²) in [5, 5.41) is 6.55. The second-order valence-electron chi connectivity index (χ2n) is 7.94. The standard InChI is InChI=1S/C28H23BrN2OS/c29-24-13-9-20(10-14-24)19-33-27-18-31(26-8-4-3-7-25(26)27)16-15-30-28(32)23-12-11-21-5-1-2-6-22(21)17-23/h1-14,17-18H,15-16,19H2,(H,30,32). The van der Waals surface area contributed by atoms with E-state index in [1.807, 2.05) is 48.2 Å². The third-order valence-electron chi connectivity index (χ3n) is 5.71. The number of hydrogen-bond acceptors (Lipinski definition) is 2. The van der Waals surface area contributed by atoms with Gasteiger partial charge in [0.25, 0.3) is 5.91 Å². The van der Waals surface area contributed by atoms with Crippen LogP contribution in [0.15, 0.2) is 107 Å². The number of aromatic nitrogens is 1. The van der Waals surface area contributed by atoms with Crippen molar-refractivity contribution in [2.45, 2.75) is 17.2 Å². The van der Waals surface area contributed by atoms with Crippen molar-refractivity contribution < 1.29 is 4.79 Å². The number of para-hydroxylation sites is 1. The number of carbonyl (C=O) groups is 1. The lowest BCUT2D eigenvalue weighted by atomic mass is 10.1. The summed E-state index contributed by atoms with van der Waals surface area (Å²) in [6.07, 6.45) is 2.20. The summed E-state index contributed by atoms with van der Waals surface area (Å²) in [6.45, 7) is 1.29. The first-order chi connectivity index (χ1) is 16.2. The van der Waals surface area contributed by atoms with Crippen LogP contribution in [0.25, 0.3) is 21.7 Å². The van der Waals surface area contributed by atoms with Crippen molar-refractivity contribution in [2.24, 2.45) is 0 Å². The van der Waals surface area contributed by atoms with E-state index in [1.165, 1.54) is 21.4 Å². The third kappa shape index (κ3) is 5.00. The van der Waals surface area contributed by atoms with Gasteiger partial charge >= 0.3 is 0 Å². The van der Waals surface area contributed by atoms with E-state index in [0.29, 0.717) is 12.1 Å². The van der Waals surface area contributed by atoms with Crippen LogP contribution in [0.5, 0.6) is 0 Å². The summed E-state index contributed by atoms with van der Waals surface area (Å²) in [5.74, 6) is 0.877. The van der Waals surface area contributed by atoms with Gasteiger partial charge in [0, 0.05) is 50.9 Å². The van der Waals surface area contributed by atoms with Gasteiger partial charge in [-0.25, -0.2) is 0 Å². The third-order valence-corrected chi connectivity index (χ3v) is 7.35. The number of benzene rings is 4. The molecular weight excluding hydrogens is 492 g/mol. The molecule has 164 valence electrons. The molecule has 0 aliphatic carbocycles. The van der Waals surface area contributed by atoms with Gasteiger partial charge in [0.15, 0.2) is 0 Å². The SMILES string of the molecule is O=C(NCCn1cc(SCc2ccc(Br)cc2)c2ccccc21)c1ccc2ccccc2c1. The molecule has 0 fully saturated rings. The molecule has 3 nitrogen and oxygen atoms in total. The number of carbonyl (C=O) groups excluding carboxylic acids is 1. The Bertz CT molecular complexity index is 1430. The van der Waals surface area contributed by atoms with Crippen molar-refractivity contribution in [2.75, 3.05) is 6.54 Å². The van der Waals surface area contributed by atoms with Crippen molar-refractivity contribution in [1.82, 2.24) is 9.88 Å². The Kier molecular flexibility index (Phi) is 6.51. The number of thioether (sulfide) groups is 1. The first kappa shape index (κ1) is 21.8. The molecular formula is C28H23BrN2OS. The fourth-order valence-electron chi connectivity index (χ4n) is 3.98. The second-order valence-corrected chi connectivity index (χ2v) is 9.87. The average molecular weight is 515 g/mol. The molecule has 1 amide bonds. The van der Waals surface area contributed by atoms with Crippen LogP contribution >= 0.6 is 27.7 Å². The van der Waals surface area contributed by atoms with Gasteiger partial charge in [0.1, 0.15) is 0 Å². The van der Waals surface area contributed by atoms with Crippen molar-refractivity contribution in [3.05, 3.63) is 113 Å². The summed E-state index contributed by atoms with van der Waals surface area (Å²) in [4.78, 5) is 14.0. The Morgan fingerprint density at radius 2 is 1.64 bits per heavy atom. The zero-order valence-electron chi connectivity index (χ0n) is 18.0. The average Bonchev–Trinajstić information content (AvgIpc) is 3.21. The molecule has 5 rings (SSSR count). The molecule has 0 unspecified atom stereocenters. The van der Waals surface area contributed by atoms with Crippen LogP contribution in [0, 0.1) is 0 Å². The lowest BCUT2D eigenvalue weighted by molar-refractivity contribution is 0.0952. The molecule has 1 heterocycles. The topological polar surface area (TPSA) is 34.0 Å². The fraction of sp³-hybridized carbons (Fsp3) is 0.107. The minimum Gasteiger partial charge on any atom is -0.350 e. The van der Waals surface area contributed by atoms with E-state index in [2.05, 4.69) is 86.6 Å². The highest BCUT2D eigenvalue weighted by Gasteiger charge is 2.10. The lowest BCUT2D eigenvalue weighted by Gasteiger charge is -2.08. The Labute approximate surface area is 205 Å². The van der Waals surface area contributed by atoms with Gasteiger partial charge in [-0.15, -0.1) is 11.8 Å². The predicted molar refractivity (Wildman–Crippen MR) is 142 cm³/mol. The van der Waals surface area contributed by atoms with Crippen molar-refractivity contribution in [3.63, 3.8) is 0 Å². The molecule has 4 aromatic carbocycles. The number of nitrogens with zero attached hydrogens (tertiary/aromatic N) is 1. The predicted octanol–water partition coefficient (Wildman–Crippen LogP) is 7.28. The van der Waals surface area contributed by atoms with Crippen molar-refractivity contribution in [3.8, 4) is 0 Å². The van der Waals surface area contributed by atoms with Gasteiger partial charge in [-0.3, -0.25) is 4.79 Å². The Morgan fingerprint density at radius 1 is 0.879 bits per heavy atom. The van der Waals surface area contributed by atoms with E-state index in [1.54, 1.807) is 0 Å². The minimum absolute atomic E-state index is 0.0398. The number of hydrogen-bond donors (Lipinski definition) is 1. The van der Waals surface area contributed by atoms with Gasteiger partial charge in [-0.05, 0) is 46.7 Å². The van der Waals surface area contributed by atoms with Crippen LogP contribution in [-0.2, 0) is 12.3 Å². The molecule has 5 aromatic rings. The number of halogens is 1. The van der Waals surface area contributed by atoms with Crippen LogP contribution in [0.2, 0.25) is 0 Å². The van der Waals surface area contributed by atoms with Crippen LogP contribution < -0.4 is 5.32 Å². The monoisotopic (exact) mass is 514 g/mol. The summed E-state index contributed by atoms with van der Waals surface area (Å²) in [6, 6.07) is 30.9. The number of fused-ring (bicyclic) bond motifs is 2.